The molecule has 0 radical (unpaired) electrons. The smallest absolute Gasteiger partial charge is 0.308 e. The van der Waals surface area contributed by atoms with Crippen LogP contribution in [0.25, 0.3) is 0 Å². The summed E-state index contributed by atoms with van der Waals surface area (Å²) in [5, 5.41) is 9.49. The summed E-state index contributed by atoms with van der Waals surface area (Å²) in [6.07, 6.45) is 2.29. The van der Waals surface area contributed by atoms with Gasteiger partial charge in [0.1, 0.15) is 0 Å². The number of ether oxygens (including phenoxy) is 1. The van der Waals surface area contributed by atoms with Crippen LogP contribution in [0.2, 0.25) is 0 Å². The first-order chi connectivity index (χ1) is 6.24. The number of carbonyl (C=O) groups is 1. The Morgan fingerprint density at radius 3 is 2.77 bits per heavy atom. The number of hydrogen-bond donors (Lipinski definition) is 1. The van der Waals surface area contributed by atoms with Gasteiger partial charge in [-0.2, -0.15) is 0 Å². The molecule has 1 aromatic rings. The van der Waals surface area contributed by atoms with Crippen molar-refractivity contribution in [3.8, 4) is 0 Å². The lowest BCUT2D eigenvalue weighted by Crippen LogP contribution is -2.07. The van der Waals surface area contributed by atoms with E-state index < -0.39 is 12.1 Å². The van der Waals surface area contributed by atoms with E-state index in [-0.39, 0.29) is 6.42 Å². The molecule has 1 N–H and O–H groups in total. The third-order valence-corrected chi connectivity index (χ3v) is 1.68. The van der Waals surface area contributed by atoms with Gasteiger partial charge in [-0.05, 0) is 17.7 Å². The summed E-state index contributed by atoms with van der Waals surface area (Å²) in [7, 11) is 1.29. The summed E-state index contributed by atoms with van der Waals surface area (Å²) in [6, 6.07) is 3.32. The predicted octanol–water partition coefficient (Wildman–Crippen LogP) is 0.678. The second-order valence-electron chi connectivity index (χ2n) is 2.58. The SMILES string of the molecule is COC(=O)CC(O)c1ccncc1. The molecule has 4 nitrogen and oxygen atoms in total. The van der Waals surface area contributed by atoms with Crippen molar-refractivity contribution >= 4 is 5.97 Å². The van der Waals surface area contributed by atoms with E-state index in [2.05, 4.69) is 9.72 Å². The molecule has 0 aliphatic carbocycles. The van der Waals surface area contributed by atoms with Crippen molar-refractivity contribution in [1.82, 2.24) is 4.98 Å². The van der Waals surface area contributed by atoms with Gasteiger partial charge in [-0.3, -0.25) is 9.78 Å². The predicted molar refractivity (Wildman–Crippen MR) is 45.8 cm³/mol. The van der Waals surface area contributed by atoms with E-state index in [1.54, 1.807) is 24.5 Å². The maximum Gasteiger partial charge on any atom is 0.308 e. The Labute approximate surface area is 76.2 Å². The van der Waals surface area contributed by atoms with Gasteiger partial charge >= 0.3 is 5.97 Å². The summed E-state index contributed by atoms with van der Waals surface area (Å²) in [5.74, 6) is -0.427. The Kier molecular flexibility index (Phi) is 3.40. The molecule has 1 unspecified atom stereocenters. The molecule has 0 fully saturated rings. The van der Waals surface area contributed by atoms with Gasteiger partial charge in [0.25, 0.3) is 0 Å². The summed E-state index contributed by atoms with van der Waals surface area (Å²) in [6.45, 7) is 0. The summed E-state index contributed by atoms with van der Waals surface area (Å²) in [4.78, 5) is 14.6. The van der Waals surface area contributed by atoms with Crippen molar-refractivity contribution in [3.63, 3.8) is 0 Å². The molecule has 13 heavy (non-hydrogen) atoms. The van der Waals surface area contributed by atoms with Crippen LogP contribution < -0.4 is 0 Å². The Hall–Kier alpha value is -1.42. The third-order valence-electron chi connectivity index (χ3n) is 1.68. The maximum absolute atomic E-state index is 10.8. The minimum atomic E-state index is -0.810. The second kappa shape index (κ2) is 4.57. The van der Waals surface area contributed by atoms with Crippen LogP contribution in [0.4, 0.5) is 0 Å². The topological polar surface area (TPSA) is 59.4 Å². The van der Waals surface area contributed by atoms with Crippen LogP contribution >= 0.6 is 0 Å². The van der Waals surface area contributed by atoms with Crippen LogP contribution in [0.3, 0.4) is 0 Å². The van der Waals surface area contributed by atoms with Crippen molar-refractivity contribution in [2.24, 2.45) is 0 Å². The van der Waals surface area contributed by atoms with E-state index in [9.17, 15) is 9.90 Å². The number of hydrogen-bond acceptors (Lipinski definition) is 4. The fourth-order valence-electron chi connectivity index (χ4n) is 0.945. The number of rotatable bonds is 3. The first-order valence-electron chi connectivity index (χ1n) is 3.89. The largest absolute Gasteiger partial charge is 0.469 e. The average Bonchev–Trinajstić information content (AvgIpc) is 2.19. The van der Waals surface area contributed by atoms with Gasteiger partial charge in [-0.25, -0.2) is 0 Å². The molecule has 0 aromatic carbocycles. The zero-order chi connectivity index (χ0) is 9.68. The van der Waals surface area contributed by atoms with E-state index in [4.69, 9.17) is 0 Å². The molecule has 0 bridgehead atoms. The van der Waals surface area contributed by atoms with E-state index in [0.29, 0.717) is 5.56 Å². The Morgan fingerprint density at radius 2 is 2.23 bits per heavy atom. The minimum absolute atomic E-state index is 0.0273. The van der Waals surface area contributed by atoms with Gasteiger partial charge in [0.2, 0.25) is 0 Å². The third kappa shape index (κ3) is 2.83. The number of aromatic nitrogens is 1. The van der Waals surface area contributed by atoms with Crippen LogP contribution in [0.5, 0.6) is 0 Å². The van der Waals surface area contributed by atoms with Crippen LogP contribution in [-0.4, -0.2) is 23.2 Å². The number of pyridine rings is 1. The average molecular weight is 181 g/mol. The molecule has 1 rings (SSSR count). The van der Waals surface area contributed by atoms with Gasteiger partial charge in [0.15, 0.2) is 0 Å². The Balaban J connectivity index is 2.59. The van der Waals surface area contributed by atoms with Gasteiger partial charge in [0.05, 0.1) is 19.6 Å². The zero-order valence-electron chi connectivity index (χ0n) is 7.30. The first-order valence-corrected chi connectivity index (χ1v) is 3.89. The number of nitrogens with zero attached hydrogens (tertiary/aromatic N) is 1. The molecule has 0 aliphatic heterocycles. The van der Waals surface area contributed by atoms with E-state index >= 15 is 0 Å². The lowest BCUT2D eigenvalue weighted by atomic mass is 10.1. The molecule has 4 heteroatoms. The zero-order valence-corrected chi connectivity index (χ0v) is 7.30. The molecular formula is C9H11NO3. The molecule has 0 spiro atoms. The number of methoxy groups -OCH3 is 1. The standard InChI is InChI=1S/C9H11NO3/c1-13-9(12)6-8(11)7-2-4-10-5-3-7/h2-5,8,11H,6H2,1H3. The van der Waals surface area contributed by atoms with Gasteiger partial charge in [0, 0.05) is 12.4 Å². The lowest BCUT2D eigenvalue weighted by Gasteiger charge is -2.08. The van der Waals surface area contributed by atoms with E-state index in [1.807, 2.05) is 0 Å². The molecule has 1 aromatic heterocycles. The molecule has 0 amide bonds. The van der Waals surface area contributed by atoms with E-state index in [1.165, 1.54) is 7.11 Å². The molecule has 0 saturated heterocycles. The number of aliphatic hydroxyl groups excluding tert-OH is 1. The Morgan fingerprint density at radius 1 is 1.62 bits per heavy atom. The molecule has 1 heterocycles. The summed E-state index contributed by atoms with van der Waals surface area (Å²) < 4.78 is 4.43. The molecule has 0 aliphatic rings. The number of carbonyl (C=O) groups excluding carboxylic acids is 1. The molecule has 70 valence electrons. The monoisotopic (exact) mass is 181 g/mol. The summed E-state index contributed by atoms with van der Waals surface area (Å²) in [5.41, 5.74) is 0.667. The van der Waals surface area contributed by atoms with E-state index in [0.717, 1.165) is 0 Å². The maximum atomic E-state index is 10.8. The van der Waals surface area contributed by atoms with Crippen molar-refractivity contribution in [2.45, 2.75) is 12.5 Å². The minimum Gasteiger partial charge on any atom is -0.469 e. The number of esters is 1. The highest BCUT2D eigenvalue weighted by Gasteiger charge is 2.12. The Bertz CT molecular complexity index is 273. The second-order valence-corrected chi connectivity index (χ2v) is 2.58. The van der Waals surface area contributed by atoms with Crippen molar-refractivity contribution < 1.29 is 14.6 Å². The normalized spacial score (nSPS) is 12.2. The van der Waals surface area contributed by atoms with Crippen molar-refractivity contribution in [2.75, 3.05) is 7.11 Å². The fourth-order valence-corrected chi connectivity index (χ4v) is 0.945. The van der Waals surface area contributed by atoms with Crippen molar-refractivity contribution in [3.05, 3.63) is 30.1 Å². The lowest BCUT2D eigenvalue weighted by molar-refractivity contribution is -0.142. The molecular weight excluding hydrogens is 170 g/mol. The highest BCUT2D eigenvalue weighted by atomic mass is 16.5. The van der Waals surface area contributed by atoms with Gasteiger partial charge < -0.3 is 9.84 Å². The molecule has 0 saturated carbocycles. The van der Waals surface area contributed by atoms with Crippen LogP contribution in [-0.2, 0) is 9.53 Å². The number of aliphatic hydroxyl groups is 1. The summed E-state index contributed by atoms with van der Waals surface area (Å²) >= 11 is 0. The van der Waals surface area contributed by atoms with Gasteiger partial charge in [-0.1, -0.05) is 0 Å². The quantitative estimate of drug-likeness (QED) is 0.696. The van der Waals surface area contributed by atoms with Crippen LogP contribution in [0.15, 0.2) is 24.5 Å². The first kappa shape index (κ1) is 9.67. The molecule has 1 atom stereocenters. The fraction of sp³-hybridized carbons (Fsp3) is 0.333. The highest BCUT2D eigenvalue weighted by Crippen LogP contribution is 2.15. The van der Waals surface area contributed by atoms with Crippen LogP contribution in [0.1, 0.15) is 18.1 Å². The van der Waals surface area contributed by atoms with Crippen LogP contribution in [0, 0.1) is 0 Å². The highest BCUT2D eigenvalue weighted by molar-refractivity contribution is 5.70. The van der Waals surface area contributed by atoms with Gasteiger partial charge in [-0.15, -0.1) is 0 Å². The van der Waals surface area contributed by atoms with Crippen molar-refractivity contribution in [1.29, 1.82) is 0 Å².